The normalized spacial score (nSPS) is 11.4. The average Bonchev–Trinajstić information content (AvgIpc) is 1.81. The third kappa shape index (κ3) is 9.28. The Morgan fingerprint density at radius 1 is 1.38 bits per heavy atom. The van der Waals surface area contributed by atoms with Gasteiger partial charge < -0.3 is 5.32 Å². The van der Waals surface area contributed by atoms with Crippen molar-refractivity contribution in [3.63, 3.8) is 0 Å². The quantitative estimate of drug-likeness (QED) is 0.663. The van der Waals surface area contributed by atoms with Crippen molar-refractivity contribution in [2.24, 2.45) is 0 Å². The zero-order valence-corrected chi connectivity index (χ0v) is 9.24. The second kappa shape index (κ2) is 5.18. The van der Waals surface area contributed by atoms with Crippen molar-refractivity contribution < 1.29 is 4.79 Å². The summed E-state index contributed by atoms with van der Waals surface area (Å²) >= 11 is 0. The molecule has 2 heteroatoms. The molecule has 0 atom stereocenters. The number of carbonyl (C=O) groups excluding carboxylic acids is 1. The summed E-state index contributed by atoms with van der Waals surface area (Å²) in [5.74, 6) is 0.268. The highest BCUT2D eigenvalue weighted by Gasteiger charge is 2.09. The molecule has 0 aromatic rings. The number of ketones is 1. The average molecular weight is 183 g/mol. The van der Waals surface area contributed by atoms with Gasteiger partial charge in [0.25, 0.3) is 0 Å². The Kier molecular flexibility index (Phi) is 4.92. The first-order valence-electron chi connectivity index (χ1n) is 4.72. The van der Waals surface area contributed by atoms with Crippen LogP contribution in [0.2, 0.25) is 0 Å². The SMILES string of the molecule is C=C(C)CC(=O)CCNC(C)(C)C. The Morgan fingerprint density at radius 3 is 2.31 bits per heavy atom. The highest BCUT2D eigenvalue weighted by molar-refractivity contribution is 5.80. The molecule has 13 heavy (non-hydrogen) atoms. The van der Waals surface area contributed by atoms with E-state index < -0.39 is 0 Å². The maximum absolute atomic E-state index is 11.2. The number of Topliss-reactive ketones (excluding diaryl/α,β-unsaturated/α-hetero) is 1. The lowest BCUT2D eigenvalue weighted by Gasteiger charge is -2.20. The van der Waals surface area contributed by atoms with Gasteiger partial charge in [0, 0.05) is 24.9 Å². The number of hydrogen-bond acceptors (Lipinski definition) is 2. The van der Waals surface area contributed by atoms with Gasteiger partial charge in [0.05, 0.1) is 0 Å². The van der Waals surface area contributed by atoms with Gasteiger partial charge in [-0.2, -0.15) is 0 Å². The number of nitrogens with one attached hydrogen (secondary N) is 1. The molecule has 0 aromatic carbocycles. The maximum atomic E-state index is 11.2. The molecule has 76 valence electrons. The molecule has 0 aliphatic carbocycles. The maximum Gasteiger partial charge on any atom is 0.138 e. The Hall–Kier alpha value is -0.630. The van der Waals surface area contributed by atoms with Gasteiger partial charge in [0.15, 0.2) is 0 Å². The van der Waals surface area contributed by atoms with E-state index in [1.807, 2.05) is 6.92 Å². The Bertz CT molecular complexity index is 189. The Labute approximate surface area is 81.4 Å². The summed E-state index contributed by atoms with van der Waals surface area (Å²) in [6.45, 7) is 12.6. The van der Waals surface area contributed by atoms with E-state index in [4.69, 9.17) is 0 Å². The van der Waals surface area contributed by atoms with E-state index in [0.29, 0.717) is 12.8 Å². The molecule has 0 amide bonds. The van der Waals surface area contributed by atoms with E-state index in [9.17, 15) is 4.79 Å². The van der Waals surface area contributed by atoms with Gasteiger partial charge >= 0.3 is 0 Å². The number of hydrogen-bond donors (Lipinski definition) is 1. The third-order valence-corrected chi connectivity index (χ3v) is 1.56. The highest BCUT2D eigenvalue weighted by atomic mass is 16.1. The van der Waals surface area contributed by atoms with E-state index in [-0.39, 0.29) is 11.3 Å². The van der Waals surface area contributed by atoms with E-state index in [2.05, 4.69) is 32.7 Å². The van der Waals surface area contributed by atoms with Crippen molar-refractivity contribution in [3.8, 4) is 0 Å². The van der Waals surface area contributed by atoms with Crippen molar-refractivity contribution in [2.45, 2.75) is 46.1 Å². The van der Waals surface area contributed by atoms with Crippen LogP contribution in [0.1, 0.15) is 40.5 Å². The van der Waals surface area contributed by atoms with Crippen LogP contribution in [0, 0.1) is 0 Å². The lowest BCUT2D eigenvalue weighted by atomic mass is 10.1. The molecule has 0 aliphatic heterocycles. The van der Waals surface area contributed by atoms with Crippen molar-refractivity contribution in [1.29, 1.82) is 0 Å². The van der Waals surface area contributed by atoms with Gasteiger partial charge in [-0.1, -0.05) is 12.2 Å². The fraction of sp³-hybridized carbons (Fsp3) is 0.727. The summed E-state index contributed by atoms with van der Waals surface area (Å²) in [6.07, 6.45) is 1.12. The Morgan fingerprint density at radius 2 is 1.92 bits per heavy atom. The van der Waals surface area contributed by atoms with Gasteiger partial charge in [-0.05, 0) is 27.7 Å². The first kappa shape index (κ1) is 12.4. The topological polar surface area (TPSA) is 29.1 Å². The second-order valence-electron chi connectivity index (χ2n) is 4.60. The zero-order valence-electron chi connectivity index (χ0n) is 9.24. The zero-order chi connectivity index (χ0) is 10.5. The van der Waals surface area contributed by atoms with Crippen LogP contribution < -0.4 is 5.32 Å². The van der Waals surface area contributed by atoms with Crippen LogP contribution in [-0.4, -0.2) is 17.9 Å². The molecular formula is C11H21NO. The molecular weight excluding hydrogens is 162 g/mol. The van der Waals surface area contributed by atoms with Crippen molar-refractivity contribution in [2.75, 3.05) is 6.54 Å². The molecule has 0 bridgehead atoms. The summed E-state index contributed by atoms with van der Waals surface area (Å²) in [5, 5.41) is 3.28. The molecule has 0 rings (SSSR count). The molecule has 0 aromatic heterocycles. The largest absolute Gasteiger partial charge is 0.312 e. The molecule has 0 unspecified atom stereocenters. The van der Waals surface area contributed by atoms with Crippen LogP contribution in [0.4, 0.5) is 0 Å². The minimum absolute atomic E-state index is 0.101. The number of rotatable bonds is 5. The van der Waals surface area contributed by atoms with Gasteiger partial charge in [-0.25, -0.2) is 0 Å². The molecule has 0 saturated carbocycles. The number of carbonyl (C=O) groups is 1. The predicted molar refractivity (Wildman–Crippen MR) is 56.8 cm³/mol. The van der Waals surface area contributed by atoms with Crippen LogP contribution in [0.15, 0.2) is 12.2 Å². The van der Waals surface area contributed by atoms with E-state index in [1.165, 1.54) is 0 Å². The van der Waals surface area contributed by atoms with E-state index in [1.54, 1.807) is 0 Å². The summed E-state index contributed by atoms with van der Waals surface area (Å²) in [6, 6.07) is 0. The van der Waals surface area contributed by atoms with Gasteiger partial charge in [0.2, 0.25) is 0 Å². The first-order valence-corrected chi connectivity index (χ1v) is 4.72. The first-order chi connectivity index (χ1) is 5.81. The minimum Gasteiger partial charge on any atom is -0.312 e. The van der Waals surface area contributed by atoms with Crippen molar-refractivity contribution in [3.05, 3.63) is 12.2 Å². The van der Waals surface area contributed by atoms with Crippen molar-refractivity contribution in [1.82, 2.24) is 5.32 Å². The fourth-order valence-electron chi connectivity index (χ4n) is 1.00. The van der Waals surface area contributed by atoms with E-state index in [0.717, 1.165) is 12.1 Å². The van der Waals surface area contributed by atoms with Gasteiger partial charge in [0.1, 0.15) is 5.78 Å². The standard InChI is InChI=1S/C11H21NO/c1-9(2)8-10(13)6-7-12-11(3,4)5/h12H,1,6-8H2,2-5H3. The van der Waals surface area contributed by atoms with E-state index >= 15 is 0 Å². The summed E-state index contributed by atoms with van der Waals surface area (Å²) in [7, 11) is 0. The lowest BCUT2D eigenvalue weighted by molar-refractivity contribution is -0.118. The minimum atomic E-state index is 0.101. The van der Waals surface area contributed by atoms with Crippen LogP contribution in [-0.2, 0) is 4.79 Å². The second-order valence-corrected chi connectivity index (χ2v) is 4.60. The molecule has 1 N–H and O–H groups in total. The molecule has 0 radical (unpaired) electrons. The van der Waals surface area contributed by atoms with Crippen LogP contribution >= 0.6 is 0 Å². The molecule has 0 spiro atoms. The number of allylic oxidation sites excluding steroid dienone is 1. The van der Waals surface area contributed by atoms with Crippen LogP contribution in [0.3, 0.4) is 0 Å². The van der Waals surface area contributed by atoms with Crippen molar-refractivity contribution >= 4 is 5.78 Å². The smallest absolute Gasteiger partial charge is 0.138 e. The molecule has 2 nitrogen and oxygen atoms in total. The molecule has 0 saturated heterocycles. The summed E-state index contributed by atoms with van der Waals surface area (Å²) in [5.41, 5.74) is 1.05. The van der Waals surface area contributed by atoms with Crippen LogP contribution in [0.5, 0.6) is 0 Å². The highest BCUT2D eigenvalue weighted by Crippen LogP contribution is 2.01. The monoisotopic (exact) mass is 183 g/mol. The lowest BCUT2D eigenvalue weighted by Crippen LogP contribution is -2.37. The molecule has 0 aliphatic rings. The fourth-order valence-corrected chi connectivity index (χ4v) is 1.00. The van der Waals surface area contributed by atoms with Gasteiger partial charge in [-0.15, -0.1) is 0 Å². The molecule has 0 fully saturated rings. The Balaban J connectivity index is 3.54. The third-order valence-electron chi connectivity index (χ3n) is 1.56. The summed E-state index contributed by atoms with van der Waals surface area (Å²) in [4.78, 5) is 11.2. The molecule has 0 heterocycles. The van der Waals surface area contributed by atoms with Crippen LogP contribution in [0.25, 0.3) is 0 Å². The summed E-state index contributed by atoms with van der Waals surface area (Å²) < 4.78 is 0. The predicted octanol–water partition coefficient (Wildman–Crippen LogP) is 2.30. The van der Waals surface area contributed by atoms with Gasteiger partial charge in [-0.3, -0.25) is 4.79 Å².